The van der Waals surface area contributed by atoms with Gasteiger partial charge in [0.05, 0.1) is 5.69 Å². The molecular formula is C25H31N7O2. The average molecular weight is 462 g/mol. The Labute approximate surface area is 199 Å². The first-order chi connectivity index (χ1) is 16.3. The molecule has 1 unspecified atom stereocenters. The summed E-state index contributed by atoms with van der Waals surface area (Å²) in [4.78, 5) is 29.2. The van der Waals surface area contributed by atoms with Gasteiger partial charge in [-0.25, -0.2) is 4.68 Å². The molecule has 1 saturated heterocycles. The molecule has 2 aromatic carbocycles. The topological polar surface area (TPSA) is 96.2 Å². The molecule has 2 heterocycles. The Bertz CT molecular complexity index is 1140. The highest BCUT2D eigenvalue weighted by Crippen LogP contribution is 2.24. The van der Waals surface area contributed by atoms with E-state index in [0.29, 0.717) is 12.1 Å². The minimum absolute atomic E-state index is 0.0527. The summed E-state index contributed by atoms with van der Waals surface area (Å²) in [6.45, 7) is 10.8. The van der Waals surface area contributed by atoms with Gasteiger partial charge in [-0.2, -0.15) is 0 Å². The molecule has 0 aliphatic carbocycles. The zero-order valence-corrected chi connectivity index (χ0v) is 20.1. The Morgan fingerprint density at radius 2 is 1.88 bits per heavy atom. The van der Waals surface area contributed by atoms with Crippen LogP contribution in [0.1, 0.15) is 36.7 Å². The highest BCUT2D eigenvalue weighted by atomic mass is 16.2. The maximum Gasteiger partial charge on any atom is 0.251 e. The molecule has 34 heavy (non-hydrogen) atoms. The predicted molar refractivity (Wildman–Crippen MR) is 130 cm³/mol. The van der Waals surface area contributed by atoms with Crippen molar-refractivity contribution in [2.75, 3.05) is 26.2 Å². The number of nitrogens with one attached hydrogen (secondary N) is 1. The lowest BCUT2D eigenvalue weighted by atomic mass is 10.0. The molecule has 4 rings (SSSR count). The van der Waals surface area contributed by atoms with Gasteiger partial charge in [-0.05, 0) is 60.5 Å². The van der Waals surface area contributed by atoms with Gasteiger partial charge in [-0.15, -0.1) is 5.10 Å². The van der Waals surface area contributed by atoms with Gasteiger partial charge in [0.25, 0.3) is 5.91 Å². The summed E-state index contributed by atoms with van der Waals surface area (Å²) in [6.07, 6.45) is 1.51. The van der Waals surface area contributed by atoms with Crippen molar-refractivity contribution in [3.63, 3.8) is 0 Å². The molecule has 9 nitrogen and oxygen atoms in total. The number of hydrogen-bond acceptors (Lipinski definition) is 6. The number of carbonyl (C=O) groups excluding carboxylic acids is 2. The van der Waals surface area contributed by atoms with E-state index in [9.17, 15) is 9.59 Å². The van der Waals surface area contributed by atoms with Gasteiger partial charge in [0.2, 0.25) is 5.91 Å². The summed E-state index contributed by atoms with van der Waals surface area (Å²) in [7, 11) is 0. The summed E-state index contributed by atoms with van der Waals surface area (Å²) >= 11 is 0. The predicted octanol–water partition coefficient (Wildman–Crippen LogP) is 2.31. The van der Waals surface area contributed by atoms with Crippen molar-refractivity contribution in [1.82, 2.24) is 35.3 Å². The number of hydrogen-bond donors (Lipinski definition) is 1. The molecule has 0 bridgehead atoms. The fourth-order valence-electron chi connectivity index (χ4n) is 4.47. The zero-order valence-electron chi connectivity index (χ0n) is 20.1. The largest absolute Gasteiger partial charge is 0.348 e. The lowest BCUT2D eigenvalue weighted by Gasteiger charge is -2.40. The second-order valence-corrected chi connectivity index (χ2v) is 9.08. The number of tetrazole rings is 1. The van der Waals surface area contributed by atoms with Crippen molar-refractivity contribution < 1.29 is 9.59 Å². The Hall–Kier alpha value is -3.59. The molecule has 0 radical (unpaired) electrons. The van der Waals surface area contributed by atoms with Crippen LogP contribution in [0.25, 0.3) is 16.8 Å². The maximum atomic E-state index is 13.2. The van der Waals surface area contributed by atoms with Crippen molar-refractivity contribution >= 4 is 11.8 Å². The van der Waals surface area contributed by atoms with Crippen LogP contribution in [0.4, 0.5) is 0 Å². The number of piperazine rings is 1. The van der Waals surface area contributed by atoms with Crippen molar-refractivity contribution in [3.8, 4) is 16.8 Å². The molecule has 2 amide bonds. The molecule has 1 N–H and O–H groups in total. The van der Waals surface area contributed by atoms with E-state index in [1.54, 1.807) is 17.7 Å². The number of carbonyl (C=O) groups is 2. The van der Waals surface area contributed by atoms with Gasteiger partial charge in [-0.1, -0.05) is 29.8 Å². The minimum Gasteiger partial charge on any atom is -0.348 e. The number of rotatable bonds is 6. The summed E-state index contributed by atoms with van der Waals surface area (Å²) in [5, 5.41) is 14.6. The van der Waals surface area contributed by atoms with Crippen LogP contribution < -0.4 is 5.32 Å². The minimum atomic E-state index is -0.147. The highest BCUT2D eigenvalue weighted by Gasteiger charge is 2.26. The molecule has 9 heteroatoms. The molecule has 0 saturated carbocycles. The summed E-state index contributed by atoms with van der Waals surface area (Å²) in [6, 6.07) is 14.0. The Morgan fingerprint density at radius 3 is 2.53 bits per heavy atom. The first-order valence-corrected chi connectivity index (χ1v) is 11.6. The number of aryl methyl sites for hydroxylation is 1. The summed E-state index contributed by atoms with van der Waals surface area (Å²) < 4.78 is 1.55. The van der Waals surface area contributed by atoms with E-state index < -0.39 is 0 Å². The van der Waals surface area contributed by atoms with Crippen molar-refractivity contribution in [1.29, 1.82) is 0 Å². The Kier molecular flexibility index (Phi) is 7.02. The summed E-state index contributed by atoms with van der Waals surface area (Å²) in [5.41, 5.74) is 4.37. The van der Waals surface area contributed by atoms with E-state index >= 15 is 0 Å². The third kappa shape index (κ3) is 5.48. The molecule has 1 aromatic heterocycles. The van der Waals surface area contributed by atoms with Gasteiger partial charge in [0.1, 0.15) is 6.33 Å². The Balaban J connectivity index is 1.50. The van der Waals surface area contributed by atoms with Crippen LogP contribution in [0.3, 0.4) is 0 Å². The van der Waals surface area contributed by atoms with Crippen LogP contribution in [0, 0.1) is 6.92 Å². The number of amides is 2. The normalized spacial score (nSPS) is 17.4. The van der Waals surface area contributed by atoms with Crippen LogP contribution in [-0.2, 0) is 4.79 Å². The van der Waals surface area contributed by atoms with Gasteiger partial charge in [0.15, 0.2) is 0 Å². The zero-order chi connectivity index (χ0) is 24.2. The molecule has 178 valence electrons. The van der Waals surface area contributed by atoms with E-state index in [4.69, 9.17) is 0 Å². The van der Waals surface area contributed by atoms with E-state index in [1.807, 2.05) is 55.1 Å². The van der Waals surface area contributed by atoms with Gasteiger partial charge in [-0.3, -0.25) is 14.5 Å². The van der Waals surface area contributed by atoms with Crippen molar-refractivity contribution in [2.45, 2.75) is 39.8 Å². The van der Waals surface area contributed by atoms with E-state index in [-0.39, 0.29) is 23.9 Å². The van der Waals surface area contributed by atoms with Crippen LogP contribution >= 0.6 is 0 Å². The van der Waals surface area contributed by atoms with E-state index in [2.05, 4.69) is 32.7 Å². The van der Waals surface area contributed by atoms with Gasteiger partial charge >= 0.3 is 0 Å². The highest BCUT2D eigenvalue weighted by molar-refractivity contribution is 5.96. The Morgan fingerprint density at radius 1 is 1.12 bits per heavy atom. The van der Waals surface area contributed by atoms with Crippen LogP contribution in [0.2, 0.25) is 0 Å². The molecule has 1 fully saturated rings. The second kappa shape index (κ2) is 10.1. The van der Waals surface area contributed by atoms with Crippen molar-refractivity contribution in [3.05, 3.63) is 59.9 Å². The smallest absolute Gasteiger partial charge is 0.251 e. The molecule has 0 spiro atoms. The molecule has 3 aromatic rings. The van der Waals surface area contributed by atoms with E-state index in [0.717, 1.165) is 36.4 Å². The molecular weight excluding hydrogens is 430 g/mol. The number of aromatic nitrogens is 4. The molecule has 2 atom stereocenters. The number of nitrogens with zero attached hydrogens (tertiary/aromatic N) is 6. The first kappa shape index (κ1) is 23.6. The first-order valence-electron chi connectivity index (χ1n) is 11.6. The lowest BCUT2D eigenvalue weighted by Crippen LogP contribution is -2.55. The molecule has 1 aliphatic rings. The standard InChI is InChI=1S/C25H31N7O2/c1-17-5-7-21(8-6-17)22-11-23(13-24(12-22)32-16-26-28-29-32)25(34)27-18(2)14-30-9-10-31(20(4)33)19(3)15-30/h5-8,11-13,16,18-19H,9-10,14-15H2,1-4H3,(H,27,34)/t18-,19?/m1/s1. The van der Waals surface area contributed by atoms with Crippen molar-refractivity contribution in [2.24, 2.45) is 0 Å². The summed E-state index contributed by atoms with van der Waals surface area (Å²) in [5.74, 6) is -0.0356. The maximum absolute atomic E-state index is 13.2. The molecule has 1 aliphatic heterocycles. The third-order valence-corrected chi connectivity index (χ3v) is 6.20. The second-order valence-electron chi connectivity index (χ2n) is 9.08. The fraction of sp³-hybridized carbons (Fsp3) is 0.400. The van der Waals surface area contributed by atoms with E-state index in [1.165, 1.54) is 11.9 Å². The van der Waals surface area contributed by atoms with Crippen LogP contribution in [0.15, 0.2) is 48.8 Å². The lowest BCUT2D eigenvalue weighted by molar-refractivity contribution is -0.133. The van der Waals surface area contributed by atoms with Crippen LogP contribution in [-0.4, -0.2) is 80.1 Å². The van der Waals surface area contributed by atoms with Crippen LogP contribution in [0.5, 0.6) is 0 Å². The quantitative estimate of drug-likeness (QED) is 0.605. The monoisotopic (exact) mass is 461 g/mol. The van der Waals surface area contributed by atoms with Gasteiger partial charge < -0.3 is 10.2 Å². The third-order valence-electron chi connectivity index (χ3n) is 6.20. The number of benzene rings is 2. The fourth-order valence-corrected chi connectivity index (χ4v) is 4.47. The SMILES string of the molecule is CC(=O)N1CCN(C[C@@H](C)NC(=O)c2cc(-c3ccc(C)cc3)cc(-n3cnnn3)c2)CC1C. The average Bonchev–Trinajstić information content (AvgIpc) is 3.34. The van der Waals surface area contributed by atoms with Gasteiger partial charge in [0, 0.05) is 50.7 Å².